The average molecular weight is 383 g/mol. The second kappa shape index (κ2) is 7.51. The fraction of sp³-hybridized carbons (Fsp3) is 0.200. The normalized spacial score (nSPS) is 15.0. The highest BCUT2D eigenvalue weighted by Gasteiger charge is 2.30. The summed E-state index contributed by atoms with van der Waals surface area (Å²) in [6.45, 7) is 3.28. The summed E-state index contributed by atoms with van der Waals surface area (Å²) in [6.07, 6.45) is 0.706. The Morgan fingerprint density at radius 2 is 1.89 bits per heavy atom. The van der Waals surface area contributed by atoms with Gasteiger partial charge >= 0.3 is 5.97 Å². The van der Waals surface area contributed by atoms with Crippen molar-refractivity contribution < 1.29 is 28.7 Å². The lowest BCUT2D eigenvalue weighted by Gasteiger charge is -2.15. The lowest BCUT2D eigenvalue weighted by Crippen LogP contribution is -2.25. The van der Waals surface area contributed by atoms with Crippen LogP contribution in [0.15, 0.2) is 42.2 Å². The number of allylic oxidation sites excluding steroid dienone is 1. The molecule has 144 valence electrons. The number of nitro benzene ring substituents is 1. The van der Waals surface area contributed by atoms with E-state index >= 15 is 0 Å². The third-order valence-electron chi connectivity index (χ3n) is 4.28. The fourth-order valence-corrected chi connectivity index (χ4v) is 2.74. The van der Waals surface area contributed by atoms with Gasteiger partial charge in [-0.3, -0.25) is 14.9 Å². The van der Waals surface area contributed by atoms with E-state index in [1.54, 1.807) is 26.0 Å². The number of ketones is 1. The smallest absolute Gasteiger partial charge is 0.346 e. The van der Waals surface area contributed by atoms with Gasteiger partial charge in [0.05, 0.1) is 17.6 Å². The molecule has 0 bridgehead atoms. The van der Waals surface area contributed by atoms with Crippen molar-refractivity contribution in [2.24, 2.45) is 0 Å². The van der Waals surface area contributed by atoms with Crippen LogP contribution in [0.4, 0.5) is 5.69 Å². The van der Waals surface area contributed by atoms with Gasteiger partial charge in [-0.15, -0.1) is 0 Å². The van der Waals surface area contributed by atoms with Gasteiger partial charge in [-0.25, -0.2) is 4.79 Å². The first kappa shape index (κ1) is 19.1. The predicted octanol–water partition coefficient (Wildman–Crippen LogP) is 3.46. The molecule has 0 saturated carbocycles. The molecule has 2 aromatic rings. The van der Waals surface area contributed by atoms with E-state index in [1.807, 2.05) is 0 Å². The van der Waals surface area contributed by atoms with Crippen LogP contribution in [0, 0.1) is 17.0 Å². The largest absolute Gasteiger partial charge is 0.479 e. The summed E-state index contributed by atoms with van der Waals surface area (Å²) in [5.41, 5.74) is 1.51. The first-order chi connectivity index (χ1) is 13.3. The van der Waals surface area contributed by atoms with Crippen LogP contribution in [0.1, 0.15) is 28.4 Å². The Kier molecular flexibility index (Phi) is 5.12. The van der Waals surface area contributed by atoms with Crippen molar-refractivity contribution in [1.82, 2.24) is 0 Å². The standard InChI is InChI=1S/C20H17NO7/c1-11-16(27-12(2)20(23)26-3)9-8-15-18(22)17(28-19(11)15)10-13-4-6-14(7-5-13)21(24)25/h4-10,12H,1-3H3/b17-10-. The molecule has 1 atom stereocenters. The zero-order valence-corrected chi connectivity index (χ0v) is 15.4. The summed E-state index contributed by atoms with van der Waals surface area (Å²) < 4.78 is 16.0. The summed E-state index contributed by atoms with van der Waals surface area (Å²) in [5, 5.41) is 10.7. The van der Waals surface area contributed by atoms with Crippen molar-refractivity contribution >= 4 is 23.5 Å². The number of hydrogen-bond donors (Lipinski definition) is 0. The molecule has 0 N–H and O–H groups in total. The van der Waals surface area contributed by atoms with E-state index < -0.39 is 17.0 Å². The fourth-order valence-electron chi connectivity index (χ4n) is 2.74. The van der Waals surface area contributed by atoms with Crippen LogP contribution in [0.2, 0.25) is 0 Å². The Hall–Kier alpha value is -3.68. The minimum absolute atomic E-state index is 0.0403. The molecule has 0 aliphatic carbocycles. The lowest BCUT2D eigenvalue weighted by atomic mass is 10.1. The maximum Gasteiger partial charge on any atom is 0.346 e. The molecule has 2 aromatic carbocycles. The first-order valence-electron chi connectivity index (χ1n) is 8.38. The molecule has 3 rings (SSSR count). The Balaban J connectivity index is 1.87. The third kappa shape index (κ3) is 3.57. The number of methoxy groups -OCH3 is 1. The molecular formula is C20H17NO7. The molecule has 0 amide bonds. The summed E-state index contributed by atoms with van der Waals surface area (Å²) >= 11 is 0. The lowest BCUT2D eigenvalue weighted by molar-refractivity contribution is -0.384. The van der Waals surface area contributed by atoms with E-state index in [1.165, 1.54) is 37.5 Å². The molecule has 28 heavy (non-hydrogen) atoms. The number of esters is 1. The zero-order chi connectivity index (χ0) is 20.4. The molecule has 1 aliphatic heterocycles. The highest BCUT2D eigenvalue weighted by Crippen LogP contribution is 2.39. The van der Waals surface area contributed by atoms with E-state index in [9.17, 15) is 19.7 Å². The Morgan fingerprint density at radius 3 is 2.50 bits per heavy atom. The van der Waals surface area contributed by atoms with Gasteiger partial charge in [-0.2, -0.15) is 0 Å². The zero-order valence-electron chi connectivity index (χ0n) is 15.4. The number of nitro groups is 1. The van der Waals surface area contributed by atoms with Crippen LogP contribution in [-0.4, -0.2) is 29.9 Å². The van der Waals surface area contributed by atoms with Crippen LogP contribution >= 0.6 is 0 Å². The van der Waals surface area contributed by atoms with Crippen LogP contribution < -0.4 is 9.47 Å². The minimum Gasteiger partial charge on any atom is -0.479 e. The topological polar surface area (TPSA) is 105 Å². The maximum absolute atomic E-state index is 12.6. The van der Waals surface area contributed by atoms with E-state index in [0.29, 0.717) is 28.2 Å². The molecule has 1 heterocycles. The van der Waals surface area contributed by atoms with E-state index in [0.717, 1.165) is 0 Å². The number of rotatable bonds is 5. The van der Waals surface area contributed by atoms with Gasteiger partial charge in [0.25, 0.3) is 5.69 Å². The molecule has 0 fully saturated rings. The second-order valence-electron chi connectivity index (χ2n) is 6.14. The molecule has 8 heteroatoms. The number of hydrogen-bond acceptors (Lipinski definition) is 7. The highest BCUT2D eigenvalue weighted by molar-refractivity contribution is 6.15. The summed E-state index contributed by atoms with van der Waals surface area (Å²) in [6, 6.07) is 8.94. The third-order valence-corrected chi connectivity index (χ3v) is 4.28. The number of carbonyl (C=O) groups excluding carboxylic acids is 2. The SMILES string of the molecule is COC(=O)C(C)Oc1ccc2c(c1C)O/C(=C\c1ccc([N+](=O)[O-])cc1)C2=O. The minimum atomic E-state index is -0.811. The Bertz CT molecular complexity index is 992. The molecule has 0 aromatic heterocycles. The van der Waals surface area contributed by atoms with Crippen molar-refractivity contribution in [2.75, 3.05) is 7.11 Å². The average Bonchev–Trinajstić information content (AvgIpc) is 3.00. The summed E-state index contributed by atoms with van der Waals surface area (Å²) in [5.74, 6) is 0.0403. The molecule has 1 aliphatic rings. The maximum atomic E-state index is 12.6. The van der Waals surface area contributed by atoms with Crippen LogP contribution in [0.25, 0.3) is 6.08 Å². The van der Waals surface area contributed by atoms with Gasteiger partial charge in [0.1, 0.15) is 11.5 Å². The van der Waals surface area contributed by atoms with Crippen LogP contribution in [0.3, 0.4) is 0 Å². The van der Waals surface area contributed by atoms with E-state index in [4.69, 9.17) is 9.47 Å². The van der Waals surface area contributed by atoms with Crippen LogP contribution in [-0.2, 0) is 9.53 Å². The number of benzene rings is 2. The predicted molar refractivity (Wildman–Crippen MR) is 99.3 cm³/mol. The van der Waals surface area contributed by atoms with Crippen molar-refractivity contribution in [3.05, 3.63) is 69.0 Å². The molecule has 0 saturated heterocycles. The molecule has 8 nitrogen and oxygen atoms in total. The van der Waals surface area contributed by atoms with E-state index in [-0.39, 0.29) is 17.2 Å². The monoisotopic (exact) mass is 383 g/mol. The van der Waals surface area contributed by atoms with Gasteiger partial charge in [0.2, 0.25) is 5.78 Å². The van der Waals surface area contributed by atoms with Crippen molar-refractivity contribution in [3.63, 3.8) is 0 Å². The van der Waals surface area contributed by atoms with Gasteiger partial charge < -0.3 is 14.2 Å². The Morgan fingerprint density at radius 1 is 1.21 bits per heavy atom. The van der Waals surface area contributed by atoms with Gasteiger partial charge in [-0.05, 0) is 49.8 Å². The number of ether oxygens (including phenoxy) is 3. The van der Waals surface area contributed by atoms with Crippen molar-refractivity contribution in [1.29, 1.82) is 0 Å². The van der Waals surface area contributed by atoms with Crippen molar-refractivity contribution in [3.8, 4) is 11.5 Å². The Labute approximate surface area is 160 Å². The number of fused-ring (bicyclic) bond motifs is 1. The molecule has 0 spiro atoms. The first-order valence-corrected chi connectivity index (χ1v) is 8.38. The summed E-state index contributed by atoms with van der Waals surface area (Å²) in [4.78, 5) is 34.4. The van der Waals surface area contributed by atoms with Gasteiger partial charge in [0.15, 0.2) is 11.9 Å². The van der Waals surface area contributed by atoms with Gasteiger partial charge in [0, 0.05) is 17.7 Å². The number of carbonyl (C=O) groups is 2. The molecule has 0 radical (unpaired) electrons. The summed E-state index contributed by atoms with van der Waals surface area (Å²) in [7, 11) is 1.27. The highest BCUT2D eigenvalue weighted by atomic mass is 16.6. The molecule has 1 unspecified atom stereocenters. The van der Waals surface area contributed by atoms with Crippen LogP contribution in [0.5, 0.6) is 11.5 Å². The van der Waals surface area contributed by atoms with Gasteiger partial charge in [-0.1, -0.05) is 0 Å². The number of nitrogens with zero attached hydrogens (tertiary/aromatic N) is 1. The second-order valence-corrected chi connectivity index (χ2v) is 6.14. The number of non-ortho nitro benzene ring substituents is 1. The molecular weight excluding hydrogens is 366 g/mol. The van der Waals surface area contributed by atoms with Crippen molar-refractivity contribution in [2.45, 2.75) is 20.0 Å². The van der Waals surface area contributed by atoms with E-state index in [2.05, 4.69) is 4.74 Å². The quantitative estimate of drug-likeness (QED) is 0.337. The number of Topliss-reactive ketones (excluding diaryl/α,β-unsaturated/α-hetero) is 1.